The highest BCUT2D eigenvalue weighted by atomic mass is 127. The monoisotopic (exact) mass is 352 g/mol. The summed E-state index contributed by atoms with van der Waals surface area (Å²) in [6, 6.07) is 8.66. The molecule has 1 fully saturated rings. The van der Waals surface area contributed by atoms with E-state index < -0.39 is 0 Å². The molecular formula is C12H18ClIN2. The first-order chi connectivity index (χ1) is 7.29. The Morgan fingerprint density at radius 3 is 2.50 bits per heavy atom. The number of nitrogens with two attached hydrogens (primary N) is 1. The maximum Gasteiger partial charge on any atom is 0.0335 e. The van der Waals surface area contributed by atoms with Crippen molar-refractivity contribution in [1.29, 1.82) is 0 Å². The first-order valence-electron chi connectivity index (χ1n) is 5.50. The fraction of sp³-hybridized carbons (Fsp3) is 0.500. The van der Waals surface area contributed by atoms with Gasteiger partial charge < -0.3 is 11.1 Å². The Hall–Kier alpha value is 0.160. The van der Waals surface area contributed by atoms with Crippen LogP contribution in [-0.2, 0) is 0 Å². The molecule has 1 atom stereocenters. The molecule has 0 aromatic heterocycles. The van der Waals surface area contributed by atoms with Crippen LogP contribution < -0.4 is 11.1 Å². The minimum absolute atomic E-state index is 0. The standard InChI is InChI=1S/C12H17IN2.ClH/c13-11-4-2-1-3-10(11)12(14)9-5-7-15-8-6-9;/h1-4,9,12,15H,5-8,14H2;1H/t12-;/m1./s1. The third-order valence-electron chi connectivity index (χ3n) is 3.16. The second-order valence-electron chi connectivity index (χ2n) is 4.13. The Balaban J connectivity index is 0.00000128. The van der Waals surface area contributed by atoms with Gasteiger partial charge in [0.2, 0.25) is 0 Å². The molecule has 0 spiro atoms. The Morgan fingerprint density at radius 1 is 1.25 bits per heavy atom. The van der Waals surface area contributed by atoms with E-state index in [4.69, 9.17) is 5.73 Å². The lowest BCUT2D eigenvalue weighted by atomic mass is 9.87. The summed E-state index contributed by atoms with van der Waals surface area (Å²) in [4.78, 5) is 0. The minimum Gasteiger partial charge on any atom is -0.324 e. The van der Waals surface area contributed by atoms with Crippen molar-refractivity contribution in [1.82, 2.24) is 5.32 Å². The molecular weight excluding hydrogens is 335 g/mol. The molecule has 1 aromatic rings. The summed E-state index contributed by atoms with van der Waals surface area (Å²) in [5.74, 6) is 0.641. The van der Waals surface area contributed by atoms with Crippen molar-refractivity contribution in [3.8, 4) is 0 Å². The van der Waals surface area contributed by atoms with Gasteiger partial charge in [-0.25, -0.2) is 0 Å². The lowest BCUT2D eigenvalue weighted by Crippen LogP contribution is -2.34. The van der Waals surface area contributed by atoms with Crippen LogP contribution in [0.1, 0.15) is 24.4 Å². The van der Waals surface area contributed by atoms with Crippen molar-refractivity contribution in [3.05, 3.63) is 33.4 Å². The zero-order valence-electron chi connectivity index (χ0n) is 9.16. The molecule has 0 bridgehead atoms. The van der Waals surface area contributed by atoms with Crippen molar-refractivity contribution < 1.29 is 0 Å². The summed E-state index contributed by atoms with van der Waals surface area (Å²) in [7, 11) is 0. The third kappa shape index (κ3) is 3.32. The minimum atomic E-state index is 0. The maximum absolute atomic E-state index is 6.34. The lowest BCUT2D eigenvalue weighted by Gasteiger charge is -2.28. The number of hydrogen-bond donors (Lipinski definition) is 2. The third-order valence-corrected chi connectivity index (χ3v) is 4.14. The van der Waals surface area contributed by atoms with Gasteiger partial charge in [0.25, 0.3) is 0 Å². The van der Waals surface area contributed by atoms with Crippen LogP contribution in [0, 0.1) is 9.49 Å². The zero-order chi connectivity index (χ0) is 10.7. The van der Waals surface area contributed by atoms with Crippen molar-refractivity contribution in [2.75, 3.05) is 13.1 Å². The van der Waals surface area contributed by atoms with Crippen molar-refractivity contribution in [2.24, 2.45) is 11.7 Å². The molecule has 1 saturated heterocycles. The summed E-state index contributed by atoms with van der Waals surface area (Å²) in [6.45, 7) is 2.23. The van der Waals surface area contributed by atoms with Gasteiger partial charge in [0, 0.05) is 9.61 Å². The zero-order valence-corrected chi connectivity index (χ0v) is 12.1. The Labute approximate surface area is 117 Å². The SMILES string of the molecule is Cl.N[C@@H](c1ccccc1I)C1CCNCC1. The molecule has 4 heteroatoms. The molecule has 0 amide bonds. The van der Waals surface area contributed by atoms with Crippen LogP contribution in [0.15, 0.2) is 24.3 Å². The largest absolute Gasteiger partial charge is 0.324 e. The van der Waals surface area contributed by atoms with Gasteiger partial charge in [-0.3, -0.25) is 0 Å². The summed E-state index contributed by atoms with van der Waals surface area (Å²) >= 11 is 2.38. The van der Waals surface area contributed by atoms with E-state index >= 15 is 0 Å². The molecule has 3 N–H and O–H groups in total. The number of halogens is 2. The topological polar surface area (TPSA) is 38.0 Å². The van der Waals surface area contributed by atoms with Crippen molar-refractivity contribution in [3.63, 3.8) is 0 Å². The van der Waals surface area contributed by atoms with Crippen LogP contribution in [-0.4, -0.2) is 13.1 Å². The molecule has 1 aromatic carbocycles. The van der Waals surface area contributed by atoms with Crippen molar-refractivity contribution >= 4 is 35.0 Å². The molecule has 2 nitrogen and oxygen atoms in total. The molecule has 0 radical (unpaired) electrons. The predicted octanol–water partition coefficient (Wildman–Crippen LogP) is 2.71. The van der Waals surface area contributed by atoms with Gasteiger partial charge in [0.15, 0.2) is 0 Å². The summed E-state index contributed by atoms with van der Waals surface area (Å²) in [6.07, 6.45) is 2.40. The van der Waals surface area contributed by atoms with Gasteiger partial charge in [-0.15, -0.1) is 12.4 Å². The molecule has 1 aliphatic heterocycles. The van der Waals surface area contributed by atoms with E-state index in [1.54, 1.807) is 0 Å². The quantitative estimate of drug-likeness (QED) is 0.803. The van der Waals surface area contributed by atoms with Gasteiger partial charge in [-0.2, -0.15) is 0 Å². The Morgan fingerprint density at radius 2 is 1.88 bits per heavy atom. The van der Waals surface area contributed by atoms with Gasteiger partial charge in [-0.1, -0.05) is 18.2 Å². The number of piperidine rings is 1. The van der Waals surface area contributed by atoms with Crippen molar-refractivity contribution in [2.45, 2.75) is 18.9 Å². The maximum atomic E-state index is 6.34. The van der Waals surface area contributed by atoms with E-state index in [1.807, 2.05) is 0 Å². The van der Waals surface area contributed by atoms with E-state index in [1.165, 1.54) is 22.0 Å². The number of benzene rings is 1. The summed E-state index contributed by atoms with van der Waals surface area (Å²) in [5, 5.41) is 3.38. The van der Waals surface area contributed by atoms with Crippen LogP contribution in [0.25, 0.3) is 0 Å². The number of rotatable bonds is 2. The van der Waals surface area contributed by atoms with E-state index in [2.05, 4.69) is 52.2 Å². The van der Waals surface area contributed by atoms with Crippen LogP contribution >= 0.6 is 35.0 Å². The van der Waals surface area contributed by atoms with Crippen LogP contribution in [0.4, 0.5) is 0 Å². The highest BCUT2D eigenvalue weighted by Gasteiger charge is 2.22. The summed E-state index contributed by atoms with van der Waals surface area (Å²) in [5.41, 5.74) is 7.65. The molecule has 2 rings (SSSR count). The molecule has 1 aliphatic rings. The number of hydrogen-bond acceptors (Lipinski definition) is 2. The van der Waals surface area contributed by atoms with Gasteiger partial charge in [-0.05, 0) is 66.1 Å². The van der Waals surface area contributed by atoms with Gasteiger partial charge >= 0.3 is 0 Å². The van der Waals surface area contributed by atoms with E-state index in [-0.39, 0.29) is 18.4 Å². The molecule has 0 unspecified atom stereocenters. The fourth-order valence-corrected chi connectivity index (χ4v) is 2.95. The average molecular weight is 353 g/mol. The van der Waals surface area contributed by atoms with Gasteiger partial charge in [0.05, 0.1) is 0 Å². The van der Waals surface area contributed by atoms with Crippen LogP contribution in [0.2, 0.25) is 0 Å². The Bertz CT molecular complexity index is 327. The normalized spacial score (nSPS) is 18.9. The molecule has 1 heterocycles. The second kappa shape index (κ2) is 6.79. The van der Waals surface area contributed by atoms with E-state index in [9.17, 15) is 0 Å². The molecule has 90 valence electrons. The van der Waals surface area contributed by atoms with Gasteiger partial charge in [0.1, 0.15) is 0 Å². The molecule has 0 aliphatic carbocycles. The smallest absolute Gasteiger partial charge is 0.0335 e. The first-order valence-corrected chi connectivity index (χ1v) is 6.57. The fourth-order valence-electron chi connectivity index (χ4n) is 2.20. The predicted molar refractivity (Wildman–Crippen MR) is 78.9 cm³/mol. The highest BCUT2D eigenvalue weighted by Crippen LogP contribution is 2.29. The molecule has 16 heavy (non-hydrogen) atoms. The summed E-state index contributed by atoms with van der Waals surface area (Å²) < 4.78 is 1.29. The highest BCUT2D eigenvalue weighted by molar-refractivity contribution is 14.1. The Kier molecular flexibility index (Phi) is 6.03. The molecule has 0 saturated carbocycles. The van der Waals surface area contributed by atoms with Crippen LogP contribution in [0.3, 0.4) is 0 Å². The first kappa shape index (κ1) is 14.2. The van der Waals surface area contributed by atoms with E-state index in [0.717, 1.165) is 13.1 Å². The number of nitrogens with one attached hydrogen (secondary N) is 1. The van der Waals surface area contributed by atoms with E-state index in [0.29, 0.717) is 5.92 Å². The van der Waals surface area contributed by atoms with Crippen LogP contribution in [0.5, 0.6) is 0 Å². The average Bonchev–Trinajstić information content (AvgIpc) is 2.30. The second-order valence-corrected chi connectivity index (χ2v) is 5.30. The lowest BCUT2D eigenvalue weighted by molar-refractivity contribution is 0.321.